The van der Waals surface area contributed by atoms with Crippen molar-refractivity contribution in [2.45, 2.75) is 12.7 Å². The first-order chi connectivity index (χ1) is 11.7. The smallest absolute Gasteiger partial charge is 0.406 e. The first kappa shape index (κ1) is 16.7. The van der Waals surface area contributed by atoms with Gasteiger partial charge in [0, 0.05) is 23.7 Å². The van der Waals surface area contributed by atoms with Gasteiger partial charge in [-0.3, -0.25) is 9.36 Å². The number of aromatic hydroxyl groups is 1. The van der Waals surface area contributed by atoms with Crippen LogP contribution in [0.2, 0.25) is 0 Å². The lowest BCUT2D eigenvalue weighted by atomic mass is 10.3. The zero-order valence-corrected chi connectivity index (χ0v) is 12.4. The standard InChI is InChI=1S/C15H10F4N4O2/c16-10-5-9(24)2-3-11(10)21-14-20-6-8-1-4-12(25)23(13(8)22-14)7-15(17,18)19/h1-6,24H,7H2,(H,20,21,22). The molecule has 0 fully saturated rings. The van der Waals surface area contributed by atoms with Gasteiger partial charge in [-0.1, -0.05) is 0 Å². The molecule has 130 valence electrons. The molecule has 10 heteroatoms. The first-order valence-corrected chi connectivity index (χ1v) is 6.92. The average Bonchev–Trinajstić information content (AvgIpc) is 2.52. The molecule has 6 nitrogen and oxygen atoms in total. The monoisotopic (exact) mass is 354 g/mol. The summed E-state index contributed by atoms with van der Waals surface area (Å²) in [6, 6.07) is 5.57. The van der Waals surface area contributed by atoms with Crippen LogP contribution in [0.4, 0.5) is 29.2 Å². The van der Waals surface area contributed by atoms with E-state index in [2.05, 4.69) is 15.3 Å². The average molecular weight is 354 g/mol. The fourth-order valence-corrected chi connectivity index (χ4v) is 2.19. The molecular formula is C15H10F4N4O2. The molecule has 1 aromatic carbocycles. The van der Waals surface area contributed by atoms with Crippen LogP contribution in [0.1, 0.15) is 0 Å². The van der Waals surface area contributed by atoms with Crippen molar-refractivity contribution in [1.29, 1.82) is 0 Å². The van der Waals surface area contributed by atoms with Crippen molar-refractivity contribution in [3.63, 3.8) is 0 Å². The SMILES string of the molecule is O=c1ccc2cnc(Nc3ccc(O)cc3F)nc2n1CC(F)(F)F. The predicted octanol–water partition coefficient (Wildman–Crippen LogP) is 2.94. The highest BCUT2D eigenvalue weighted by Gasteiger charge is 2.29. The molecule has 0 unspecified atom stereocenters. The quantitative estimate of drug-likeness (QED) is 0.558. The molecule has 2 aromatic heterocycles. The Bertz CT molecular complexity index is 1000. The maximum absolute atomic E-state index is 13.7. The second-order valence-electron chi connectivity index (χ2n) is 5.13. The van der Waals surface area contributed by atoms with E-state index in [1.54, 1.807) is 0 Å². The Hall–Kier alpha value is -3.17. The number of aromatic nitrogens is 3. The zero-order chi connectivity index (χ0) is 18.2. The number of hydrogen-bond donors (Lipinski definition) is 2. The Balaban J connectivity index is 2.06. The van der Waals surface area contributed by atoms with E-state index in [4.69, 9.17) is 0 Å². The third kappa shape index (κ3) is 3.67. The van der Waals surface area contributed by atoms with Crippen LogP contribution in [0.15, 0.2) is 41.3 Å². The maximum atomic E-state index is 13.7. The largest absolute Gasteiger partial charge is 0.508 e. The Labute approximate surface area is 137 Å². The second kappa shape index (κ2) is 6.04. The Morgan fingerprint density at radius 3 is 2.64 bits per heavy atom. The van der Waals surface area contributed by atoms with E-state index in [9.17, 15) is 27.5 Å². The zero-order valence-electron chi connectivity index (χ0n) is 12.4. The van der Waals surface area contributed by atoms with Gasteiger partial charge in [0.1, 0.15) is 23.8 Å². The molecule has 25 heavy (non-hydrogen) atoms. The van der Waals surface area contributed by atoms with E-state index in [-0.39, 0.29) is 28.4 Å². The highest BCUT2D eigenvalue weighted by atomic mass is 19.4. The number of fused-ring (bicyclic) bond motifs is 1. The summed E-state index contributed by atoms with van der Waals surface area (Å²) < 4.78 is 52.3. The predicted molar refractivity (Wildman–Crippen MR) is 81.2 cm³/mol. The summed E-state index contributed by atoms with van der Waals surface area (Å²) in [7, 11) is 0. The van der Waals surface area contributed by atoms with Crippen molar-refractivity contribution in [3.8, 4) is 5.75 Å². The lowest BCUT2D eigenvalue weighted by molar-refractivity contribution is -0.140. The van der Waals surface area contributed by atoms with E-state index in [1.807, 2.05) is 0 Å². The topological polar surface area (TPSA) is 80.0 Å². The highest BCUT2D eigenvalue weighted by Crippen LogP contribution is 2.23. The normalized spacial score (nSPS) is 11.7. The number of phenols is 1. The molecule has 0 aliphatic carbocycles. The Kier molecular flexibility index (Phi) is 4.03. The Morgan fingerprint density at radius 2 is 1.96 bits per heavy atom. The van der Waals surface area contributed by atoms with Crippen LogP contribution in [0, 0.1) is 5.82 Å². The minimum absolute atomic E-state index is 0.0854. The number of nitrogens with one attached hydrogen (secondary N) is 1. The third-order valence-electron chi connectivity index (χ3n) is 3.26. The van der Waals surface area contributed by atoms with Gasteiger partial charge >= 0.3 is 6.18 Å². The number of pyridine rings is 1. The summed E-state index contributed by atoms with van der Waals surface area (Å²) in [5.74, 6) is -1.29. The molecule has 2 N–H and O–H groups in total. The molecule has 0 saturated heterocycles. The molecule has 3 aromatic rings. The molecule has 0 aliphatic heterocycles. The molecule has 0 saturated carbocycles. The van der Waals surface area contributed by atoms with Crippen molar-refractivity contribution in [2.24, 2.45) is 0 Å². The number of anilines is 2. The van der Waals surface area contributed by atoms with Crippen LogP contribution in [-0.2, 0) is 6.54 Å². The maximum Gasteiger partial charge on any atom is 0.406 e. The molecule has 0 amide bonds. The van der Waals surface area contributed by atoms with E-state index in [1.165, 1.54) is 24.4 Å². The van der Waals surface area contributed by atoms with E-state index in [0.717, 1.165) is 12.1 Å². The van der Waals surface area contributed by atoms with E-state index >= 15 is 0 Å². The lowest BCUT2D eigenvalue weighted by Crippen LogP contribution is -2.28. The summed E-state index contributed by atoms with van der Waals surface area (Å²) >= 11 is 0. The van der Waals surface area contributed by atoms with Gasteiger partial charge in [0.25, 0.3) is 5.56 Å². The number of benzene rings is 1. The van der Waals surface area contributed by atoms with Crippen LogP contribution < -0.4 is 10.9 Å². The molecule has 0 aliphatic rings. The van der Waals surface area contributed by atoms with Crippen molar-refractivity contribution >= 4 is 22.7 Å². The minimum atomic E-state index is -4.61. The molecular weight excluding hydrogens is 344 g/mol. The van der Waals surface area contributed by atoms with Gasteiger partial charge in [-0.25, -0.2) is 9.37 Å². The molecule has 2 heterocycles. The second-order valence-corrected chi connectivity index (χ2v) is 5.13. The van der Waals surface area contributed by atoms with Gasteiger partial charge in [0.15, 0.2) is 0 Å². The van der Waals surface area contributed by atoms with Gasteiger partial charge in [-0.15, -0.1) is 0 Å². The minimum Gasteiger partial charge on any atom is -0.508 e. The van der Waals surface area contributed by atoms with E-state index < -0.39 is 24.1 Å². The molecule has 0 radical (unpaired) electrons. The van der Waals surface area contributed by atoms with Crippen LogP contribution in [0.3, 0.4) is 0 Å². The van der Waals surface area contributed by atoms with Crippen molar-refractivity contribution in [1.82, 2.24) is 14.5 Å². The molecule has 0 atom stereocenters. The van der Waals surface area contributed by atoms with Gasteiger partial charge in [-0.05, 0) is 18.2 Å². The fraction of sp³-hybridized carbons (Fsp3) is 0.133. The number of alkyl halides is 3. The van der Waals surface area contributed by atoms with Crippen LogP contribution in [0.5, 0.6) is 5.75 Å². The molecule has 3 rings (SSSR count). The van der Waals surface area contributed by atoms with Gasteiger partial charge in [-0.2, -0.15) is 18.2 Å². The summed E-state index contributed by atoms with van der Waals surface area (Å²) in [6.07, 6.45) is -3.39. The summed E-state index contributed by atoms with van der Waals surface area (Å²) in [5.41, 5.74) is -1.19. The summed E-state index contributed by atoms with van der Waals surface area (Å²) in [5, 5.41) is 11.9. The Morgan fingerprint density at radius 1 is 1.20 bits per heavy atom. The van der Waals surface area contributed by atoms with Crippen molar-refractivity contribution in [2.75, 3.05) is 5.32 Å². The van der Waals surface area contributed by atoms with Crippen LogP contribution >= 0.6 is 0 Å². The van der Waals surface area contributed by atoms with Crippen molar-refractivity contribution in [3.05, 3.63) is 52.7 Å². The molecule has 0 bridgehead atoms. The number of phenolic OH excluding ortho intramolecular Hbond substituents is 1. The third-order valence-corrected chi connectivity index (χ3v) is 3.26. The van der Waals surface area contributed by atoms with Crippen molar-refractivity contribution < 1.29 is 22.7 Å². The highest BCUT2D eigenvalue weighted by molar-refractivity contribution is 5.75. The van der Waals surface area contributed by atoms with Crippen LogP contribution in [-0.4, -0.2) is 25.8 Å². The van der Waals surface area contributed by atoms with E-state index in [0.29, 0.717) is 4.57 Å². The number of hydrogen-bond acceptors (Lipinski definition) is 5. The van der Waals surface area contributed by atoms with Gasteiger partial charge in [0.2, 0.25) is 5.95 Å². The van der Waals surface area contributed by atoms with Crippen LogP contribution in [0.25, 0.3) is 11.0 Å². The van der Waals surface area contributed by atoms with Gasteiger partial charge in [0.05, 0.1) is 5.69 Å². The first-order valence-electron chi connectivity index (χ1n) is 6.92. The summed E-state index contributed by atoms with van der Waals surface area (Å²) in [6.45, 7) is -1.51. The lowest BCUT2D eigenvalue weighted by Gasteiger charge is -2.13. The number of nitrogens with zero attached hydrogens (tertiary/aromatic N) is 3. The fourth-order valence-electron chi connectivity index (χ4n) is 2.19. The number of rotatable bonds is 3. The number of halogens is 4. The van der Waals surface area contributed by atoms with Gasteiger partial charge < -0.3 is 10.4 Å². The molecule has 0 spiro atoms. The summed E-state index contributed by atoms with van der Waals surface area (Å²) in [4.78, 5) is 19.5.